The molecule has 0 saturated carbocycles. The van der Waals surface area contributed by atoms with E-state index in [4.69, 9.17) is 26.1 Å². The van der Waals surface area contributed by atoms with Crippen LogP contribution < -0.4 is 16.4 Å². The van der Waals surface area contributed by atoms with Gasteiger partial charge in [-0.2, -0.15) is 0 Å². The molecule has 3 aliphatic rings. The molecule has 0 aliphatic carbocycles. The molecule has 3 aromatic rings. The summed E-state index contributed by atoms with van der Waals surface area (Å²) in [5, 5.41) is -1.17. The number of fused-ring (bicyclic) bond motifs is 6. The second-order valence-electron chi connectivity index (χ2n) is 18.9. The van der Waals surface area contributed by atoms with Crippen LogP contribution in [0.1, 0.15) is 121 Å². The maximum Gasteiger partial charge on any atom is 0.478 e. The first-order valence-electron chi connectivity index (χ1n) is 17.7. The van der Waals surface area contributed by atoms with E-state index in [1.807, 2.05) is 0 Å². The fourth-order valence-electron chi connectivity index (χ4n) is 5.97. The van der Waals surface area contributed by atoms with E-state index in [0.29, 0.717) is 0 Å². The Balaban J connectivity index is 1.70. The van der Waals surface area contributed by atoms with Gasteiger partial charge in [0.2, 0.25) is 0 Å². The molecule has 0 aromatic heterocycles. The summed E-state index contributed by atoms with van der Waals surface area (Å²) in [4.78, 5) is 0. The smallest absolute Gasteiger partial charge is 0.409 e. The van der Waals surface area contributed by atoms with E-state index in [9.17, 15) is 0 Å². The van der Waals surface area contributed by atoms with Crippen LogP contribution in [0.15, 0.2) is 72.8 Å². The van der Waals surface area contributed by atoms with Crippen LogP contribution in [0, 0.1) is 0 Å². The first-order valence-corrected chi connectivity index (χ1v) is 21.2. The standard InChI is InChI=1S/C38H57B3O6Si2/c1-34(2,3)28-16-22-31(23-17-28)39-42-48(37(10,11)12)44-40(32-24-18-29(19-25-32)35(4,5)6)45-49(43-39,38(13,14)15)47-41(46-48)33-26-20-30(21-27-33)36(7,8)9/h16-27H,1-15H3. The van der Waals surface area contributed by atoms with Gasteiger partial charge in [-0.25, -0.2) is 0 Å². The van der Waals surface area contributed by atoms with Gasteiger partial charge in [0.25, 0.3) is 0 Å². The quantitative estimate of drug-likeness (QED) is 0.262. The van der Waals surface area contributed by atoms with Gasteiger partial charge in [0.15, 0.2) is 0 Å². The Morgan fingerprint density at radius 3 is 0.653 bits per heavy atom. The van der Waals surface area contributed by atoms with Gasteiger partial charge in [0.1, 0.15) is 0 Å². The summed E-state index contributed by atoms with van der Waals surface area (Å²) in [5.74, 6) is 0. The Labute approximate surface area is 300 Å². The molecule has 0 atom stereocenters. The van der Waals surface area contributed by atoms with Crippen molar-refractivity contribution in [2.45, 2.75) is 130 Å². The fraction of sp³-hybridized carbons (Fsp3) is 0.526. The highest BCUT2D eigenvalue weighted by Gasteiger charge is 2.69. The lowest BCUT2D eigenvalue weighted by Gasteiger charge is -2.54. The van der Waals surface area contributed by atoms with Gasteiger partial charge in [0, 0.05) is 10.1 Å². The van der Waals surface area contributed by atoms with Crippen molar-refractivity contribution in [2.75, 3.05) is 0 Å². The van der Waals surface area contributed by atoms with E-state index in [1.54, 1.807) is 0 Å². The van der Waals surface area contributed by atoms with Crippen LogP contribution in [-0.2, 0) is 42.3 Å². The molecule has 3 saturated heterocycles. The average molecular weight is 698 g/mol. The van der Waals surface area contributed by atoms with Gasteiger partial charge >= 0.3 is 39.0 Å². The lowest BCUT2D eigenvalue weighted by molar-refractivity contribution is 0.104. The van der Waals surface area contributed by atoms with Crippen LogP contribution in [0.4, 0.5) is 0 Å². The number of hydrogen-bond acceptors (Lipinski definition) is 6. The van der Waals surface area contributed by atoms with Gasteiger partial charge < -0.3 is 26.1 Å². The number of hydrogen-bond donors (Lipinski definition) is 0. The van der Waals surface area contributed by atoms with Crippen molar-refractivity contribution in [1.29, 1.82) is 0 Å². The summed E-state index contributed by atoms with van der Waals surface area (Å²) in [6.07, 6.45) is 0. The minimum atomic E-state index is -3.76. The first kappa shape index (κ1) is 38.3. The van der Waals surface area contributed by atoms with Gasteiger partial charge in [-0.15, -0.1) is 0 Å². The molecule has 3 fully saturated rings. The van der Waals surface area contributed by atoms with Crippen molar-refractivity contribution in [3.05, 3.63) is 89.5 Å². The highest BCUT2D eigenvalue weighted by Crippen LogP contribution is 2.48. The van der Waals surface area contributed by atoms with Crippen LogP contribution in [0.25, 0.3) is 0 Å². The van der Waals surface area contributed by atoms with Crippen LogP contribution in [-0.4, -0.2) is 39.0 Å². The largest absolute Gasteiger partial charge is 0.478 e. The predicted octanol–water partition coefficient (Wildman–Crippen LogP) is 7.67. The predicted molar refractivity (Wildman–Crippen MR) is 209 cm³/mol. The Hall–Kier alpha value is -1.95. The highest BCUT2D eigenvalue weighted by molar-refractivity contribution is 6.95. The minimum absolute atomic E-state index is 0.00438. The van der Waals surface area contributed by atoms with Crippen LogP contribution in [0.5, 0.6) is 0 Å². The van der Waals surface area contributed by atoms with Crippen LogP contribution in [0.2, 0.25) is 10.1 Å². The molecule has 0 unspecified atom stereocenters. The summed E-state index contributed by atoms with van der Waals surface area (Å²) in [7, 11) is -9.98. The van der Waals surface area contributed by atoms with Crippen LogP contribution in [0.3, 0.4) is 0 Å². The Bertz CT molecular complexity index is 1390. The molecular formula is C38H57B3O6Si2. The van der Waals surface area contributed by atoms with Crippen LogP contribution >= 0.6 is 0 Å². The van der Waals surface area contributed by atoms with E-state index >= 15 is 0 Å². The normalized spacial score (nSPS) is 23.0. The Kier molecular flexibility index (Phi) is 10.1. The molecule has 3 aliphatic heterocycles. The molecule has 6 nitrogen and oxygen atoms in total. The zero-order valence-corrected chi connectivity index (χ0v) is 34.6. The summed E-state index contributed by atoms with van der Waals surface area (Å²) in [6, 6.07) is 25.4. The van der Waals surface area contributed by atoms with Crippen molar-refractivity contribution >= 4 is 55.4 Å². The van der Waals surface area contributed by atoms with Crippen molar-refractivity contribution in [1.82, 2.24) is 0 Å². The minimum Gasteiger partial charge on any atom is -0.409 e. The molecule has 262 valence electrons. The SMILES string of the molecule is CC(C)(C)c1ccc(B2O[Si]3(C(C)(C)C)OB(c4ccc(C(C)(C)C)cc4)O[Si](C(C)(C)C)(O2)OB(c2ccc(C(C)(C)C)cc2)O3)cc1. The molecule has 0 spiro atoms. The fourth-order valence-corrected chi connectivity index (χ4v) is 11.5. The molecule has 0 N–H and O–H groups in total. The highest BCUT2D eigenvalue weighted by atomic mass is 28.4. The third-order valence-electron chi connectivity index (χ3n) is 9.56. The van der Waals surface area contributed by atoms with Crippen molar-refractivity contribution in [3.8, 4) is 0 Å². The second-order valence-corrected chi connectivity index (χ2v) is 25.6. The summed E-state index contributed by atoms with van der Waals surface area (Å²) in [6.45, 7) is 32.6. The second kappa shape index (κ2) is 12.9. The van der Waals surface area contributed by atoms with Gasteiger partial charge in [0.05, 0.1) is 0 Å². The lowest BCUT2D eigenvalue weighted by Crippen LogP contribution is -2.77. The molecule has 3 aromatic carbocycles. The molecule has 0 amide bonds. The summed E-state index contributed by atoms with van der Waals surface area (Å²) in [5.41, 5.74) is 6.31. The lowest BCUT2D eigenvalue weighted by atomic mass is 9.77. The Morgan fingerprint density at radius 2 is 0.510 bits per heavy atom. The molecule has 3 heterocycles. The number of rotatable bonds is 3. The summed E-state index contributed by atoms with van der Waals surface area (Å²) >= 11 is 0. The maximum absolute atomic E-state index is 7.25. The number of benzene rings is 3. The zero-order chi connectivity index (χ0) is 36.4. The summed E-state index contributed by atoms with van der Waals surface area (Å²) < 4.78 is 43.5. The molecule has 0 radical (unpaired) electrons. The van der Waals surface area contributed by atoms with E-state index < -0.39 is 49.0 Å². The zero-order valence-electron chi connectivity index (χ0n) is 32.6. The van der Waals surface area contributed by atoms with E-state index in [2.05, 4.69) is 177 Å². The van der Waals surface area contributed by atoms with E-state index in [0.717, 1.165) is 16.4 Å². The first-order chi connectivity index (χ1) is 22.3. The molecule has 6 rings (SSSR count). The maximum atomic E-state index is 7.25. The Morgan fingerprint density at radius 1 is 0.327 bits per heavy atom. The van der Waals surface area contributed by atoms with Crippen molar-refractivity contribution in [3.63, 3.8) is 0 Å². The topological polar surface area (TPSA) is 55.4 Å². The molecule has 49 heavy (non-hydrogen) atoms. The van der Waals surface area contributed by atoms with Gasteiger partial charge in [-0.1, -0.05) is 177 Å². The third-order valence-corrected chi connectivity index (χ3v) is 16.4. The van der Waals surface area contributed by atoms with E-state index in [-0.39, 0.29) is 16.2 Å². The average Bonchev–Trinajstić information content (AvgIpc) is 2.94. The molecule has 2 bridgehead atoms. The van der Waals surface area contributed by atoms with Crippen molar-refractivity contribution < 1.29 is 26.1 Å². The molecular weight excluding hydrogens is 641 g/mol. The monoisotopic (exact) mass is 698 g/mol. The van der Waals surface area contributed by atoms with E-state index in [1.165, 1.54) is 16.7 Å². The van der Waals surface area contributed by atoms with Gasteiger partial charge in [-0.3, -0.25) is 0 Å². The van der Waals surface area contributed by atoms with Crippen molar-refractivity contribution in [2.24, 2.45) is 0 Å². The van der Waals surface area contributed by atoms with Gasteiger partial charge in [-0.05, 0) is 49.3 Å². The third kappa shape index (κ3) is 7.94. The molecule has 11 heteroatoms.